The highest BCUT2D eigenvalue weighted by Gasteiger charge is 2.40. The van der Waals surface area contributed by atoms with Gasteiger partial charge in [-0.2, -0.15) is 0 Å². The van der Waals surface area contributed by atoms with Gasteiger partial charge >= 0.3 is 18.1 Å². The third kappa shape index (κ3) is 5.33. The zero-order valence-electron chi connectivity index (χ0n) is 17.9. The van der Waals surface area contributed by atoms with E-state index in [1.807, 2.05) is 36.4 Å². The topological polar surface area (TPSA) is 90.4 Å². The van der Waals surface area contributed by atoms with Gasteiger partial charge < -0.3 is 19.6 Å². The van der Waals surface area contributed by atoms with Gasteiger partial charge in [0.1, 0.15) is 11.6 Å². The van der Waals surface area contributed by atoms with Gasteiger partial charge in [0, 0.05) is 13.1 Å². The van der Waals surface area contributed by atoms with Gasteiger partial charge in [-0.15, -0.1) is 0 Å². The normalized spacial score (nSPS) is 16.5. The lowest BCUT2D eigenvalue weighted by atomic mass is 10.1. The molecule has 1 heterocycles. The molecule has 1 fully saturated rings. The smallest absolute Gasteiger partial charge is 0.410 e. The summed E-state index contributed by atoms with van der Waals surface area (Å²) < 4.78 is 5.37. The summed E-state index contributed by atoms with van der Waals surface area (Å²) >= 11 is 0. The van der Waals surface area contributed by atoms with Gasteiger partial charge in [0.15, 0.2) is 0 Å². The van der Waals surface area contributed by atoms with Gasteiger partial charge in [-0.25, -0.2) is 14.4 Å². The van der Waals surface area contributed by atoms with E-state index < -0.39 is 29.7 Å². The number of hydrogen-bond acceptors (Lipinski definition) is 4. The molecule has 1 N–H and O–H groups in total. The molecular weight excluding hydrogens is 398 g/mol. The van der Waals surface area contributed by atoms with Crippen LogP contribution in [0, 0.1) is 0 Å². The summed E-state index contributed by atoms with van der Waals surface area (Å²) in [6.45, 7) is 5.35. The number of amides is 3. The Kier molecular flexibility index (Phi) is 6.48. The molecule has 1 aliphatic heterocycles. The van der Waals surface area contributed by atoms with E-state index in [2.05, 4.69) is 0 Å². The summed E-state index contributed by atoms with van der Waals surface area (Å²) in [6, 6.07) is 16.4. The molecule has 8 heteroatoms. The number of carboxylic acid groups (broad SMARTS) is 1. The second-order valence-corrected chi connectivity index (χ2v) is 8.26. The van der Waals surface area contributed by atoms with Crippen molar-refractivity contribution in [1.82, 2.24) is 9.80 Å². The second kappa shape index (κ2) is 9.07. The largest absolute Gasteiger partial charge is 0.480 e. The fourth-order valence-electron chi connectivity index (χ4n) is 3.37. The molecule has 0 aliphatic carbocycles. The minimum Gasteiger partial charge on any atom is -0.480 e. The number of nitrogens with zero attached hydrogens (tertiary/aromatic N) is 3. The Morgan fingerprint density at radius 3 is 1.90 bits per heavy atom. The predicted molar refractivity (Wildman–Crippen MR) is 116 cm³/mol. The maximum atomic E-state index is 13.6. The average molecular weight is 425 g/mol. The lowest BCUT2D eigenvalue weighted by Gasteiger charge is -2.41. The van der Waals surface area contributed by atoms with Gasteiger partial charge in [-0.1, -0.05) is 36.4 Å². The van der Waals surface area contributed by atoms with Crippen LogP contribution in [0.15, 0.2) is 60.7 Å². The van der Waals surface area contributed by atoms with Gasteiger partial charge in [0.25, 0.3) is 0 Å². The Morgan fingerprint density at radius 2 is 1.45 bits per heavy atom. The molecule has 1 atom stereocenters. The Labute approximate surface area is 181 Å². The zero-order chi connectivity index (χ0) is 22.6. The van der Waals surface area contributed by atoms with Crippen molar-refractivity contribution in [3.05, 3.63) is 60.7 Å². The number of carboxylic acids is 1. The Hall–Kier alpha value is -3.55. The van der Waals surface area contributed by atoms with Crippen LogP contribution in [0.5, 0.6) is 0 Å². The maximum absolute atomic E-state index is 13.6. The standard InChI is InChI=1S/C23H27N3O5/c1-23(2,3)31-22(30)24-14-15-25(19(16-24)20(27)28)21(29)26(17-10-6-4-7-11-17)18-12-8-5-9-13-18/h4-13,19H,14-16H2,1-3H3,(H,27,28)/t19-/m0/s1. The summed E-state index contributed by atoms with van der Waals surface area (Å²) in [5, 5.41) is 9.82. The Bertz CT molecular complexity index is 888. The highest BCUT2D eigenvalue weighted by molar-refractivity contribution is 6.01. The molecule has 1 saturated heterocycles. The van der Waals surface area contributed by atoms with Crippen molar-refractivity contribution in [2.24, 2.45) is 0 Å². The number of aliphatic carboxylic acids is 1. The molecule has 1 aliphatic rings. The first-order chi connectivity index (χ1) is 14.7. The van der Waals surface area contributed by atoms with Crippen molar-refractivity contribution in [3.63, 3.8) is 0 Å². The van der Waals surface area contributed by atoms with Crippen LogP contribution in [0.1, 0.15) is 20.8 Å². The van der Waals surface area contributed by atoms with E-state index in [-0.39, 0.29) is 19.6 Å². The number of piperazine rings is 1. The minimum atomic E-state index is -1.19. The van der Waals surface area contributed by atoms with Crippen LogP contribution in [0.4, 0.5) is 21.0 Å². The first-order valence-electron chi connectivity index (χ1n) is 10.1. The van der Waals surface area contributed by atoms with Crippen molar-refractivity contribution >= 4 is 29.5 Å². The fraction of sp³-hybridized carbons (Fsp3) is 0.348. The van der Waals surface area contributed by atoms with Crippen molar-refractivity contribution < 1.29 is 24.2 Å². The third-order valence-electron chi connectivity index (χ3n) is 4.78. The van der Waals surface area contributed by atoms with Crippen LogP contribution in [0.25, 0.3) is 0 Å². The van der Waals surface area contributed by atoms with E-state index >= 15 is 0 Å². The molecule has 164 valence electrons. The molecule has 0 unspecified atom stereocenters. The molecule has 0 aromatic heterocycles. The molecule has 31 heavy (non-hydrogen) atoms. The van der Waals surface area contributed by atoms with Gasteiger partial charge in [0.2, 0.25) is 0 Å². The number of carbonyl (C=O) groups excluding carboxylic acids is 2. The lowest BCUT2D eigenvalue weighted by Crippen LogP contribution is -2.61. The zero-order valence-corrected chi connectivity index (χ0v) is 17.9. The number of hydrogen-bond donors (Lipinski definition) is 1. The number of carbonyl (C=O) groups is 3. The SMILES string of the molecule is CC(C)(C)OC(=O)N1CCN(C(=O)N(c2ccccc2)c2ccccc2)[C@H](C(=O)O)C1. The molecule has 0 bridgehead atoms. The summed E-state index contributed by atoms with van der Waals surface area (Å²) in [6.07, 6.45) is -0.589. The van der Waals surface area contributed by atoms with Crippen LogP contribution in [0.2, 0.25) is 0 Å². The molecule has 0 radical (unpaired) electrons. The highest BCUT2D eigenvalue weighted by Crippen LogP contribution is 2.28. The Morgan fingerprint density at radius 1 is 0.935 bits per heavy atom. The summed E-state index contributed by atoms with van der Waals surface area (Å²) in [5.74, 6) is -1.18. The van der Waals surface area contributed by atoms with Gasteiger partial charge in [-0.3, -0.25) is 4.90 Å². The number of para-hydroxylation sites is 2. The van der Waals surface area contributed by atoms with E-state index in [0.717, 1.165) is 0 Å². The average Bonchev–Trinajstić information content (AvgIpc) is 2.73. The van der Waals surface area contributed by atoms with E-state index in [0.29, 0.717) is 11.4 Å². The summed E-state index contributed by atoms with van der Waals surface area (Å²) in [5.41, 5.74) is 0.551. The van der Waals surface area contributed by atoms with E-state index in [4.69, 9.17) is 4.74 Å². The van der Waals surface area contributed by atoms with Crippen molar-refractivity contribution in [1.29, 1.82) is 0 Å². The van der Waals surface area contributed by atoms with Crippen LogP contribution in [-0.4, -0.2) is 64.3 Å². The monoisotopic (exact) mass is 425 g/mol. The van der Waals surface area contributed by atoms with Gasteiger partial charge in [0.05, 0.1) is 17.9 Å². The number of benzene rings is 2. The number of anilines is 2. The molecule has 3 rings (SSSR count). The number of urea groups is 1. The first-order valence-corrected chi connectivity index (χ1v) is 10.1. The quantitative estimate of drug-likeness (QED) is 0.804. The second-order valence-electron chi connectivity index (χ2n) is 8.26. The molecule has 3 amide bonds. The van der Waals surface area contributed by atoms with E-state index in [1.165, 1.54) is 14.7 Å². The fourth-order valence-corrected chi connectivity index (χ4v) is 3.37. The van der Waals surface area contributed by atoms with Crippen LogP contribution in [-0.2, 0) is 9.53 Å². The molecule has 0 saturated carbocycles. The van der Waals surface area contributed by atoms with Crippen molar-refractivity contribution in [2.45, 2.75) is 32.4 Å². The first kappa shape index (κ1) is 22.1. The molecule has 2 aromatic carbocycles. The molecule has 2 aromatic rings. The van der Waals surface area contributed by atoms with Gasteiger partial charge in [-0.05, 0) is 45.0 Å². The van der Waals surface area contributed by atoms with E-state index in [1.54, 1.807) is 45.0 Å². The summed E-state index contributed by atoms with van der Waals surface area (Å²) in [4.78, 5) is 42.1. The van der Waals surface area contributed by atoms with Crippen LogP contribution in [0.3, 0.4) is 0 Å². The van der Waals surface area contributed by atoms with Crippen LogP contribution < -0.4 is 4.90 Å². The number of ether oxygens (including phenoxy) is 1. The predicted octanol–water partition coefficient (Wildman–Crippen LogP) is 3.95. The van der Waals surface area contributed by atoms with E-state index in [9.17, 15) is 19.5 Å². The molecular formula is C23H27N3O5. The molecule has 0 spiro atoms. The number of rotatable bonds is 3. The Balaban J connectivity index is 1.88. The van der Waals surface area contributed by atoms with Crippen LogP contribution >= 0.6 is 0 Å². The van der Waals surface area contributed by atoms with Crippen molar-refractivity contribution in [2.75, 3.05) is 24.5 Å². The minimum absolute atomic E-state index is 0.0746. The maximum Gasteiger partial charge on any atom is 0.410 e. The van der Waals surface area contributed by atoms with Crippen molar-refractivity contribution in [3.8, 4) is 0 Å². The lowest BCUT2D eigenvalue weighted by molar-refractivity contribution is -0.144. The highest BCUT2D eigenvalue weighted by atomic mass is 16.6. The molecule has 8 nitrogen and oxygen atoms in total. The summed E-state index contributed by atoms with van der Waals surface area (Å²) in [7, 11) is 0. The third-order valence-corrected chi connectivity index (χ3v) is 4.78.